The number of esters is 1. The van der Waals surface area contributed by atoms with E-state index in [0.29, 0.717) is 30.0 Å². The van der Waals surface area contributed by atoms with Crippen molar-refractivity contribution in [3.05, 3.63) is 60.9 Å². The van der Waals surface area contributed by atoms with Crippen molar-refractivity contribution in [2.75, 3.05) is 0 Å². The van der Waals surface area contributed by atoms with Gasteiger partial charge in [0.05, 0.1) is 5.56 Å². The average molecular weight is 613 g/mol. The van der Waals surface area contributed by atoms with Gasteiger partial charge in [-0.3, -0.25) is 0 Å². The van der Waals surface area contributed by atoms with Gasteiger partial charge < -0.3 is 9.47 Å². The molecular formula is C36H47F3N2O3. The van der Waals surface area contributed by atoms with Gasteiger partial charge in [0.2, 0.25) is 5.67 Å². The zero-order chi connectivity index (χ0) is 32.0. The molecule has 0 aliphatic rings. The summed E-state index contributed by atoms with van der Waals surface area (Å²) in [5, 5.41) is 0. The molecule has 44 heavy (non-hydrogen) atoms. The zero-order valence-corrected chi connectivity index (χ0v) is 26.5. The van der Waals surface area contributed by atoms with Crippen LogP contribution in [0.4, 0.5) is 13.2 Å². The van der Waals surface area contributed by atoms with E-state index in [1.807, 2.05) is 6.07 Å². The first-order valence-corrected chi connectivity index (χ1v) is 16.0. The Kier molecular flexibility index (Phi) is 14.2. The monoisotopic (exact) mass is 612 g/mol. The van der Waals surface area contributed by atoms with E-state index in [0.717, 1.165) is 62.5 Å². The van der Waals surface area contributed by atoms with E-state index in [1.165, 1.54) is 13.8 Å². The molecule has 0 saturated heterocycles. The van der Waals surface area contributed by atoms with E-state index in [4.69, 9.17) is 9.47 Å². The SMILES string of the molecule is CCCCCCCC(C)(F)C(=O)Oc1ccc(-c2cnc(-c3ccccc3OC(CCCCCC)C(F)C(C)F)nc2)cc1. The van der Waals surface area contributed by atoms with Crippen LogP contribution in [0.15, 0.2) is 60.9 Å². The Morgan fingerprint density at radius 1 is 0.841 bits per heavy atom. The lowest BCUT2D eigenvalue weighted by Crippen LogP contribution is -2.34. The number of halogens is 3. The van der Waals surface area contributed by atoms with Gasteiger partial charge in [0.25, 0.3) is 0 Å². The second-order valence-corrected chi connectivity index (χ2v) is 11.7. The topological polar surface area (TPSA) is 61.3 Å². The number of para-hydroxylation sites is 1. The number of rotatable bonds is 19. The molecule has 240 valence electrons. The molecule has 0 aliphatic carbocycles. The molecule has 4 atom stereocenters. The van der Waals surface area contributed by atoms with Crippen LogP contribution < -0.4 is 9.47 Å². The van der Waals surface area contributed by atoms with E-state index < -0.39 is 30.1 Å². The molecule has 3 aromatic rings. The van der Waals surface area contributed by atoms with Crippen LogP contribution in [-0.2, 0) is 4.79 Å². The van der Waals surface area contributed by atoms with Gasteiger partial charge in [-0.25, -0.2) is 27.9 Å². The lowest BCUT2D eigenvalue weighted by Gasteiger charge is -2.24. The van der Waals surface area contributed by atoms with Crippen molar-refractivity contribution in [1.29, 1.82) is 0 Å². The molecule has 1 heterocycles. The first kappa shape index (κ1) is 35.1. The average Bonchev–Trinajstić information content (AvgIpc) is 3.02. The van der Waals surface area contributed by atoms with Crippen LogP contribution in [0, 0.1) is 0 Å². The highest BCUT2D eigenvalue weighted by molar-refractivity contribution is 5.81. The van der Waals surface area contributed by atoms with Crippen molar-refractivity contribution < 1.29 is 27.4 Å². The molecular weight excluding hydrogens is 565 g/mol. The van der Waals surface area contributed by atoms with E-state index in [1.54, 1.807) is 54.9 Å². The molecule has 0 saturated carbocycles. The van der Waals surface area contributed by atoms with Crippen LogP contribution in [-0.4, -0.2) is 40.1 Å². The summed E-state index contributed by atoms with van der Waals surface area (Å²) < 4.78 is 55.1. The summed E-state index contributed by atoms with van der Waals surface area (Å²) in [5.41, 5.74) is 0.0393. The summed E-state index contributed by atoms with van der Waals surface area (Å²) in [6, 6.07) is 13.8. The van der Waals surface area contributed by atoms with Crippen LogP contribution in [0.3, 0.4) is 0 Å². The molecule has 0 amide bonds. The number of aromatic nitrogens is 2. The van der Waals surface area contributed by atoms with Gasteiger partial charge in [-0.1, -0.05) is 83.1 Å². The van der Waals surface area contributed by atoms with E-state index in [9.17, 15) is 18.0 Å². The fourth-order valence-corrected chi connectivity index (χ4v) is 4.98. The molecule has 1 aromatic heterocycles. The van der Waals surface area contributed by atoms with E-state index in [-0.39, 0.29) is 12.2 Å². The summed E-state index contributed by atoms with van der Waals surface area (Å²) in [7, 11) is 0. The molecule has 0 aliphatic heterocycles. The predicted molar refractivity (Wildman–Crippen MR) is 170 cm³/mol. The van der Waals surface area contributed by atoms with Gasteiger partial charge in [-0.05, 0) is 69.4 Å². The van der Waals surface area contributed by atoms with Gasteiger partial charge >= 0.3 is 5.97 Å². The highest BCUT2D eigenvalue weighted by Gasteiger charge is 2.34. The molecule has 4 unspecified atom stereocenters. The van der Waals surface area contributed by atoms with Crippen LogP contribution in [0.1, 0.15) is 98.3 Å². The minimum absolute atomic E-state index is 0.133. The summed E-state index contributed by atoms with van der Waals surface area (Å²) in [4.78, 5) is 21.5. The minimum atomic E-state index is -2.04. The third kappa shape index (κ3) is 10.6. The Morgan fingerprint density at radius 3 is 2.09 bits per heavy atom. The number of carbonyl (C=O) groups is 1. The second kappa shape index (κ2) is 17.8. The fraction of sp³-hybridized carbons (Fsp3) is 0.528. The largest absolute Gasteiger partial charge is 0.487 e. The minimum Gasteiger partial charge on any atom is -0.487 e. The van der Waals surface area contributed by atoms with Gasteiger partial charge in [0, 0.05) is 18.0 Å². The standard InChI is InChI=1S/C36H47F3N2O3/c1-5-7-9-11-15-23-36(4,39)35(42)43-29-21-19-27(20-22-29)28-24-40-34(41-25-28)30-16-13-14-17-31(30)44-32(33(38)26(3)37)18-12-10-8-6-2/h13-14,16-17,19-22,24-26,32-33H,5-12,15,18,23H2,1-4H3. The number of benzene rings is 2. The quantitative estimate of drug-likeness (QED) is 0.0766. The number of alkyl halides is 3. The number of ether oxygens (including phenoxy) is 2. The number of hydrogen-bond donors (Lipinski definition) is 0. The molecule has 5 nitrogen and oxygen atoms in total. The Bertz CT molecular complexity index is 1270. The predicted octanol–water partition coefficient (Wildman–Crippen LogP) is 10.2. The Balaban J connectivity index is 1.67. The smallest absolute Gasteiger partial charge is 0.348 e. The Hall–Kier alpha value is -3.42. The molecule has 2 aromatic carbocycles. The van der Waals surface area contributed by atoms with E-state index >= 15 is 0 Å². The number of unbranched alkanes of at least 4 members (excludes halogenated alkanes) is 7. The van der Waals surface area contributed by atoms with Crippen LogP contribution in [0.2, 0.25) is 0 Å². The van der Waals surface area contributed by atoms with Crippen molar-refractivity contribution in [3.8, 4) is 34.0 Å². The van der Waals surface area contributed by atoms with Gasteiger partial charge in [-0.2, -0.15) is 0 Å². The normalized spacial score (nSPS) is 14.8. The second-order valence-electron chi connectivity index (χ2n) is 11.7. The van der Waals surface area contributed by atoms with Crippen molar-refractivity contribution >= 4 is 5.97 Å². The molecule has 0 radical (unpaired) electrons. The Morgan fingerprint density at radius 2 is 1.45 bits per heavy atom. The number of nitrogens with zero attached hydrogens (tertiary/aromatic N) is 2. The summed E-state index contributed by atoms with van der Waals surface area (Å²) >= 11 is 0. The molecule has 0 fully saturated rings. The highest BCUT2D eigenvalue weighted by Crippen LogP contribution is 2.32. The molecule has 3 rings (SSSR count). The van der Waals surface area contributed by atoms with Crippen molar-refractivity contribution in [3.63, 3.8) is 0 Å². The molecule has 8 heteroatoms. The maximum atomic E-state index is 14.9. The lowest BCUT2D eigenvalue weighted by atomic mass is 9.99. The molecule has 0 N–H and O–H groups in total. The third-order valence-corrected chi connectivity index (χ3v) is 7.77. The number of hydrogen-bond acceptors (Lipinski definition) is 5. The van der Waals surface area contributed by atoms with Crippen LogP contribution in [0.5, 0.6) is 11.5 Å². The maximum Gasteiger partial charge on any atom is 0.348 e. The first-order valence-electron chi connectivity index (χ1n) is 16.0. The molecule has 0 bridgehead atoms. The fourth-order valence-electron chi connectivity index (χ4n) is 4.98. The van der Waals surface area contributed by atoms with Crippen LogP contribution >= 0.6 is 0 Å². The third-order valence-electron chi connectivity index (χ3n) is 7.77. The number of carbonyl (C=O) groups excluding carboxylic acids is 1. The molecule has 0 spiro atoms. The highest BCUT2D eigenvalue weighted by atomic mass is 19.2. The summed E-state index contributed by atoms with van der Waals surface area (Å²) in [5.74, 6) is 0.157. The van der Waals surface area contributed by atoms with Crippen molar-refractivity contribution in [2.24, 2.45) is 0 Å². The van der Waals surface area contributed by atoms with Crippen molar-refractivity contribution in [2.45, 2.75) is 122 Å². The Labute approximate surface area is 260 Å². The first-order chi connectivity index (χ1) is 21.2. The van der Waals surface area contributed by atoms with Gasteiger partial charge in [0.1, 0.15) is 23.8 Å². The zero-order valence-electron chi connectivity index (χ0n) is 26.5. The maximum absolute atomic E-state index is 14.9. The van der Waals surface area contributed by atoms with Gasteiger partial charge in [-0.15, -0.1) is 0 Å². The van der Waals surface area contributed by atoms with Crippen LogP contribution in [0.25, 0.3) is 22.5 Å². The van der Waals surface area contributed by atoms with E-state index in [2.05, 4.69) is 23.8 Å². The summed E-state index contributed by atoms with van der Waals surface area (Å²) in [6.45, 7) is 6.71. The van der Waals surface area contributed by atoms with Crippen molar-refractivity contribution in [1.82, 2.24) is 9.97 Å². The summed E-state index contributed by atoms with van der Waals surface area (Å²) in [6.07, 6.45) is 8.11. The lowest BCUT2D eigenvalue weighted by molar-refractivity contribution is -0.147. The van der Waals surface area contributed by atoms with Gasteiger partial charge in [0.15, 0.2) is 12.0 Å².